The molecule has 0 radical (unpaired) electrons. The van der Waals surface area contributed by atoms with Gasteiger partial charge in [-0.25, -0.2) is 0 Å². The van der Waals surface area contributed by atoms with Crippen LogP contribution in [0.1, 0.15) is 0 Å². The normalized spacial score (nSPS) is 11.6. The Balaban J connectivity index is 2.95. The van der Waals surface area contributed by atoms with E-state index >= 15 is 0 Å². The Labute approximate surface area is 72.9 Å². The predicted octanol–water partition coefficient (Wildman–Crippen LogP) is 0.118. The van der Waals surface area contributed by atoms with Gasteiger partial charge in [0.2, 0.25) is 0 Å². The van der Waals surface area contributed by atoms with E-state index < -0.39 is 8.80 Å². The summed E-state index contributed by atoms with van der Waals surface area (Å²) in [6.45, 7) is 0. The molecule has 0 spiro atoms. The summed E-state index contributed by atoms with van der Waals surface area (Å²) < 4.78 is 9.89. The smallest absolute Gasteiger partial charge is 0.386 e. The lowest BCUT2D eigenvalue weighted by atomic mass is 10.4. The molecule has 0 aliphatic rings. The van der Waals surface area contributed by atoms with Crippen LogP contribution < -0.4 is 5.19 Å². The average Bonchev–Trinajstić information content (AvgIpc) is 2.18. The van der Waals surface area contributed by atoms with Crippen molar-refractivity contribution in [3.63, 3.8) is 0 Å². The molecule has 0 saturated carbocycles. The molecule has 0 fully saturated rings. The van der Waals surface area contributed by atoms with Gasteiger partial charge in [-0.3, -0.25) is 0 Å². The average molecular weight is 184 g/mol. The predicted molar refractivity (Wildman–Crippen MR) is 48.1 cm³/mol. The van der Waals surface area contributed by atoms with Crippen LogP contribution >= 0.6 is 0 Å². The Kier molecular flexibility index (Phi) is 2.99. The zero-order valence-electron chi connectivity index (χ0n) is 7.15. The molecule has 0 bridgehead atoms. The minimum absolute atomic E-state index is 0.718. The summed E-state index contributed by atoms with van der Waals surface area (Å²) in [7, 11) is -0.179. The summed E-state index contributed by atoms with van der Waals surface area (Å²) in [5.41, 5.74) is 0. The van der Waals surface area contributed by atoms with E-state index in [4.69, 9.17) is 8.85 Å². The quantitative estimate of drug-likeness (QED) is 0.678. The third-order valence-electron chi connectivity index (χ3n) is 1.69. The highest BCUT2D eigenvalue weighted by molar-refractivity contribution is 6.74. The summed E-state index contributed by atoms with van der Waals surface area (Å²) in [5.74, 6) is 0. The molecule has 1 aromatic rings. The number of benzene rings is 1. The molecule has 0 amide bonds. The fraction of sp³-hybridized carbons (Fsp3) is 0.250. The molecule has 1 N–H and O–H groups in total. The molecule has 0 aliphatic carbocycles. The van der Waals surface area contributed by atoms with Crippen molar-refractivity contribution in [1.82, 2.24) is 0 Å². The lowest BCUT2D eigenvalue weighted by Gasteiger charge is -2.19. The molecule has 0 unspecified atom stereocenters. The minimum Gasteiger partial charge on any atom is -0.386 e. The Morgan fingerprint density at radius 3 is 2.00 bits per heavy atom. The Bertz CT molecular complexity index is 233. The second-order valence-corrected chi connectivity index (χ2v) is 4.91. The molecular weight excluding hydrogens is 172 g/mol. The monoisotopic (exact) mass is 184 g/mol. The summed E-state index contributed by atoms with van der Waals surface area (Å²) in [5, 5.41) is 0.718. The van der Waals surface area contributed by atoms with Crippen LogP contribution in [-0.2, 0) is 8.85 Å². The molecule has 0 atom stereocenters. The third kappa shape index (κ3) is 1.73. The van der Waals surface area contributed by atoms with Gasteiger partial charge in [0.1, 0.15) is 0 Å². The first kappa shape index (κ1) is 9.41. The van der Waals surface area contributed by atoms with E-state index in [1.165, 1.54) is 14.2 Å². The fourth-order valence-corrected chi connectivity index (χ4v) is 2.22. The molecule has 12 heavy (non-hydrogen) atoms. The second kappa shape index (κ2) is 3.82. The van der Waals surface area contributed by atoms with E-state index in [2.05, 4.69) is 0 Å². The third-order valence-corrected chi connectivity index (χ3v) is 3.86. The molecule has 0 saturated heterocycles. The van der Waals surface area contributed by atoms with Crippen LogP contribution in [0.5, 0.6) is 0 Å². The first-order valence-electron chi connectivity index (χ1n) is 3.61. The highest BCUT2D eigenvalue weighted by atomic mass is 28.4. The Morgan fingerprint density at radius 2 is 1.58 bits per heavy atom. The van der Waals surface area contributed by atoms with Gasteiger partial charge < -0.3 is 13.6 Å². The van der Waals surface area contributed by atoms with Crippen molar-refractivity contribution in [3.05, 3.63) is 30.3 Å². The van der Waals surface area contributed by atoms with Crippen LogP contribution in [0.3, 0.4) is 0 Å². The van der Waals surface area contributed by atoms with Gasteiger partial charge in [-0.05, 0) is 0 Å². The Hall–Kier alpha value is -0.683. The van der Waals surface area contributed by atoms with Gasteiger partial charge in [-0.15, -0.1) is 0 Å². The van der Waals surface area contributed by atoms with Crippen molar-refractivity contribution in [2.75, 3.05) is 14.2 Å². The zero-order valence-corrected chi connectivity index (χ0v) is 8.15. The second-order valence-electron chi connectivity index (χ2n) is 2.36. The minimum atomic E-state index is -3.07. The molecule has 0 aromatic heterocycles. The van der Waals surface area contributed by atoms with Crippen molar-refractivity contribution in [2.45, 2.75) is 0 Å². The summed E-state index contributed by atoms with van der Waals surface area (Å²) >= 11 is 0. The molecular formula is C8H12O3Si. The van der Waals surface area contributed by atoms with Crippen LogP contribution in [0.4, 0.5) is 0 Å². The number of hydrogen-bond donors (Lipinski definition) is 1. The maximum Gasteiger partial charge on any atom is 0.533 e. The van der Waals surface area contributed by atoms with Crippen LogP contribution in [0.15, 0.2) is 30.3 Å². The van der Waals surface area contributed by atoms with E-state index in [1.54, 1.807) is 12.1 Å². The van der Waals surface area contributed by atoms with Crippen LogP contribution in [-0.4, -0.2) is 27.8 Å². The van der Waals surface area contributed by atoms with Crippen molar-refractivity contribution in [1.29, 1.82) is 0 Å². The summed E-state index contributed by atoms with van der Waals surface area (Å²) in [4.78, 5) is 9.79. The lowest BCUT2D eigenvalue weighted by Crippen LogP contribution is -2.52. The first-order valence-corrected chi connectivity index (χ1v) is 5.37. The van der Waals surface area contributed by atoms with Crippen LogP contribution in [0, 0.1) is 0 Å². The molecule has 66 valence electrons. The van der Waals surface area contributed by atoms with E-state index in [9.17, 15) is 4.80 Å². The summed E-state index contributed by atoms with van der Waals surface area (Å²) in [6, 6.07) is 9.14. The first-order chi connectivity index (χ1) is 5.73. The van der Waals surface area contributed by atoms with Gasteiger partial charge in [-0.2, -0.15) is 0 Å². The standard InChI is InChI=1S/C8H12O3Si/c1-10-12(9,11-2)8-6-4-3-5-7-8/h3-7,9H,1-2H3. The van der Waals surface area contributed by atoms with E-state index in [0.717, 1.165) is 5.19 Å². The van der Waals surface area contributed by atoms with Crippen molar-refractivity contribution >= 4 is 14.0 Å². The van der Waals surface area contributed by atoms with Gasteiger partial charge in [0, 0.05) is 19.4 Å². The van der Waals surface area contributed by atoms with Gasteiger partial charge in [-0.1, -0.05) is 30.3 Å². The van der Waals surface area contributed by atoms with Crippen molar-refractivity contribution in [2.24, 2.45) is 0 Å². The van der Waals surface area contributed by atoms with E-state index in [1.807, 2.05) is 18.2 Å². The maximum atomic E-state index is 9.79. The lowest BCUT2D eigenvalue weighted by molar-refractivity contribution is 0.169. The zero-order chi connectivity index (χ0) is 9.03. The van der Waals surface area contributed by atoms with E-state index in [0.29, 0.717) is 0 Å². The van der Waals surface area contributed by atoms with Gasteiger partial charge in [0.15, 0.2) is 0 Å². The number of rotatable bonds is 3. The van der Waals surface area contributed by atoms with Crippen LogP contribution in [0.25, 0.3) is 0 Å². The maximum absolute atomic E-state index is 9.79. The van der Waals surface area contributed by atoms with E-state index in [-0.39, 0.29) is 0 Å². The fourth-order valence-electron chi connectivity index (χ4n) is 0.968. The highest BCUT2D eigenvalue weighted by Gasteiger charge is 2.36. The molecule has 4 heteroatoms. The Morgan fingerprint density at radius 1 is 1.08 bits per heavy atom. The molecule has 0 heterocycles. The van der Waals surface area contributed by atoms with Gasteiger partial charge >= 0.3 is 8.80 Å². The largest absolute Gasteiger partial charge is 0.533 e. The highest BCUT2D eigenvalue weighted by Crippen LogP contribution is 2.00. The van der Waals surface area contributed by atoms with Crippen molar-refractivity contribution < 1.29 is 13.6 Å². The SMILES string of the molecule is CO[Si](O)(OC)c1ccccc1. The van der Waals surface area contributed by atoms with Crippen molar-refractivity contribution in [3.8, 4) is 0 Å². The molecule has 3 nitrogen and oxygen atoms in total. The topological polar surface area (TPSA) is 38.7 Å². The number of hydrogen-bond acceptors (Lipinski definition) is 3. The van der Waals surface area contributed by atoms with Gasteiger partial charge in [0.05, 0.1) is 0 Å². The molecule has 1 aromatic carbocycles. The summed E-state index contributed by atoms with van der Waals surface area (Å²) in [6.07, 6.45) is 0. The van der Waals surface area contributed by atoms with Gasteiger partial charge in [0.25, 0.3) is 0 Å². The molecule has 0 aliphatic heterocycles. The molecule has 1 rings (SSSR count). The van der Waals surface area contributed by atoms with Crippen LogP contribution in [0.2, 0.25) is 0 Å².